The number of aryl methyl sites for hydroxylation is 1. The zero-order chi connectivity index (χ0) is 16.2. The van der Waals surface area contributed by atoms with Crippen LogP contribution in [0.5, 0.6) is 0 Å². The van der Waals surface area contributed by atoms with E-state index < -0.39 is 0 Å². The van der Waals surface area contributed by atoms with Gasteiger partial charge in [0.2, 0.25) is 0 Å². The molecule has 0 saturated carbocycles. The first-order valence-corrected chi connectivity index (χ1v) is 7.85. The first-order valence-electron chi connectivity index (χ1n) is 7.09. The minimum absolute atomic E-state index is 0.526. The summed E-state index contributed by atoms with van der Waals surface area (Å²) in [4.78, 5) is 2.14. The number of rotatable bonds is 5. The molecule has 0 aliphatic carbocycles. The van der Waals surface area contributed by atoms with Crippen molar-refractivity contribution in [3.8, 4) is 0 Å². The molecule has 5 nitrogen and oxygen atoms in total. The summed E-state index contributed by atoms with van der Waals surface area (Å²) < 4.78 is 0. The molecule has 3 rings (SSSR count). The molecule has 0 amide bonds. The Hall–Kier alpha value is -2.11. The van der Waals surface area contributed by atoms with Crippen LogP contribution in [0.3, 0.4) is 0 Å². The fourth-order valence-electron chi connectivity index (χ4n) is 2.27. The Bertz CT molecular complexity index is 772. The van der Waals surface area contributed by atoms with Gasteiger partial charge < -0.3 is 4.90 Å². The van der Waals surface area contributed by atoms with Crippen molar-refractivity contribution >= 4 is 28.9 Å². The van der Waals surface area contributed by atoms with E-state index in [1.807, 2.05) is 12.1 Å². The second-order valence-electron chi connectivity index (χ2n) is 5.26. The first kappa shape index (κ1) is 15.8. The summed E-state index contributed by atoms with van der Waals surface area (Å²) >= 11 is 12.3. The normalized spacial score (nSPS) is 10.7. The molecule has 0 saturated heterocycles. The average molecular weight is 348 g/mol. The van der Waals surface area contributed by atoms with Crippen LogP contribution in [0.15, 0.2) is 42.5 Å². The van der Waals surface area contributed by atoms with E-state index in [2.05, 4.69) is 56.7 Å². The van der Waals surface area contributed by atoms with Gasteiger partial charge in [0.25, 0.3) is 0 Å². The second kappa shape index (κ2) is 6.98. The zero-order valence-electron chi connectivity index (χ0n) is 12.5. The minimum atomic E-state index is 0.526. The van der Waals surface area contributed by atoms with Gasteiger partial charge in [-0.1, -0.05) is 52.2 Å². The highest BCUT2D eigenvalue weighted by molar-refractivity contribution is 6.35. The van der Waals surface area contributed by atoms with Crippen molar-refractivity contribution in [3.63, 3.8) is 0 Å². The Kier molecular flexibility index (Phi) is 4.79. The molecule has 7 heteroatoms. The lowest BCUT2D eigenvalue weighted by Crippen LogP contribution is -2.23. The summed E-state index contributed by atoms with van der Waals surface area (Å²) in [6.07, 6.45) is 0. The van der Waals surface area contributed by atoms with E-state index in [1.165, 1.54) is 5.56 Å². The molecule has 0 atom stereocenters. The van der Waals surface area contributed by atoms with E-state index in [0.717, 1.165) is 11.3 Å². The largest absolute Gasteiger partial charge is 0.359 e. The maximum Gasteiger partial charge on any atom is 0.193 e. The summed E-state index contributed by atoms with van der Waals surface area (Å²) in [6.45, 7) is 3.20. The highest BCUT2D eigenvalue weighted by atomic mass is 35.5. The number of hydrogen-bond acceptors (Lipinski definition) is 4. The van der Waals surface area contributed by atoms with Gasteiger partial charge in [0.1, 0.15) is 0 Å². The van der Waals surface area contributed by atoms with Gasteiger partial charge in [0, 0.05) is 22.3 Å². The molecule has 0 fully saturated rings. The summed E-state index contributed by atoms with van der Waals surface area (Å²) in [6, 6.07) is 13.8. The summed E-state index contributed by atoms with van der Waals surface area (Å²) in [5.74, 6) is 0.621. The molecule has 118 valence electrons. The lowest BCUT2D eigenvalue weighted by Gasteiger charge is -2.24. The van der Waals surface area contributed by atoms with E-state index in [4.69, 9.17) is 23.2 Å². The first-order chi connectivity index (χ1) is 11.1. The number of tetrazole rings is 1. The Labute approximate surface area is 144 Å². The number of aromatic nitrogens is 4. The van der Waals surface area contributed by atoms with Crippen LogP contribution in [-0.4, -0.2) is 20.6 Å². The molecule has 0 radical (unpaired) electrons. The third-order valence-corrected chi connectivity index (χ3v) is 4.08. The van der Waals surface area contributed by atoms with Crippen molar-refractivity contribution in [1.82, 2.24) is 20.6 Å². The van der Waals surface area contributed by atoms with Gasteiger partial charge in [-0.25, -0.2) is 0 Å². The minimum Gasteiger partial charge on any atom is -0.359 e. The number of anilines is 1. The van der Waals surface area contributed by atoms with Crippen LogP contribution in [0.25, 0.3) is 0 Å². The van der Waals surface area contributed by atoms with Gasteiger partial charge in [-0.3, -0.25) is 0 Å². The maximum atomic E-state index is 6.31. The number of benzene rings is 2. The molecular formula is C16H15Cl2N5. The Morgan fingerprint density at radius 1 is 1.04 bits per heavy atom. The standard InChI is InChI=1S/C16H15Cl2N5/c1-11-2-6-14(7-3-11)23(10-16-19-21-22-20-16)9-12-4-5-13(17)8-15(12)18/h2-8H,9-10H2,1H3,(H,19,20,21,22). The van der Waals surface area contributed by atoms with Crippen LogP contribution < -0.4 is 4.90 Å². The molecule has 0 spiro atoms. The molecule has 1 heterocycles. The van der Waals surface area contributed by atoms with Crippen molar-refractivity contribution in [1.29, 1.82) is 0 Å². The molecule has 0 bridgehead atoms. The Morgan fingerprint density at radius 2 is 1.83 bits per heavy atom. The predicted molar refractivity (Wildman–Crippen MR) is 91.7 cm³/mol. The molecule has 23 heavy (non-hydrogen) atoms. The SMILES string of the molecule is Cc1ccc(N(Cc2nn[nH]n2)Cc2ccc(Cl)cc2Cl)cc1. The molecule has 2 aromatic carbocycles. The zero-order valence-corrected chi connectivity index (χ0v) is 14.0. The topological polar surface area (TPSA) is 57.7 Å². The monoisotopic (exact) mass is 347 g/mol. The molecule has 0 unspecified atom stereocenters. The third kappa shape index (κ3) is 4.00. The number of hydrogen-bond donors (Lipinski definition) is 1. The summed E-state index contributed by atoms with van der Waals surface area (Å²) in [5.41, 5.74) is 3.25. The quantitative estimate of drug-likeness (QED) is 0.757. The second-order valence-corrected chi connectivity index (χ2v) is 6.10. The van der Waals surface area contributed by atoms with E-state index in [9.17, 15) is 0 Å². The van der Waals surface area contributed by atoms with Crippen LogP contribution >= 0.6 is 23.2 Å². The van der Waals surface area contributed by atoms with Crippen molar-refractivity contribution in [2.45, 2.75) is 20.0 Å². The number of nitrogens with zero attached hydrogens (tertiary/aromatic N) is 4. The van der Waals surface area contributed by atoms with Crippen molar-refractivity contribution in [2.75, 3.05) is 4.90 Å². The lowest BCUT2D eigenvalue weighted by molar-refractivity contribution is 0.758. The van der Waals surface area contributed by atoms with E-state index in [1.54, 1.807) is 6.07 Å². The fraction of sp³-hybridized carbons (Fsp3) is 0.188. The van der Waals surface area contributed by atoms with Crippen molar-refractivity contribution in [2.24, 2.45) is 0 Å². The summed E-state index contributed by atoms with van der Waals surface area (Å²) in [5, 5.41) is 15.4. The predicted octanol–water partition coefficient (Wildman–Crippen LogP) is 4.02. The smallest absolute Gasteiger partial charge is 0.193 e. The molecule has 1 N–H and O–H groups in total. The highest BCUT2D eigenvalue weighted by Gasteiger charge is 2.13. The molecule has 3 aromatic rings. The Balaban J connectivity index is 1.89. The van der Waals surface area contributed by atoms with Gasteiger partial charge >= 0.3 is 0 Å². The van der Waals surface area contributed by atoms with Crippen LogP contribution in [0, 0.1) is 6.92 Å². The van der Waals surface area contributed by atoms with Gasteiger partial charge in [0.15, 0.2) is 5.82 Å². The van der Waals surface area contributed by atoms with Crippen molar-refractivity contribution in [3.05, 3.63) is 69.5 Å². The lowest BCUT2D eigenvalue weighted by atomic mass is 10.1. The number of nitrogens with one attached hydrogen (secondary N) is 1. The summed E-state index contributed by atoms with van der Waals surface area (Å²) in [7, 11) is 0. The van der Waals surface area contributed by atoms with Gasteiger partial charge in [-0.05, 0) is 36.8 Å². The number of halogens is 2. The van der Waals surface area contributed by atoms with Crippen molar-refractivity contribution < 1.29 is 0 Å². The van der Waals surface area contributed by atoms with Gasteiger partial charge in [-0.2, -0.15) is 5.21 Å². The maximum absolute atomic E-state index is 6.31. The average Bonchev–Trinajstić information content (AvgIpc) is 3.03. The number of aromatic amines is 1. The molecule has 0 aliphatic heterocycles. The van der Waals surface area contributed by atoms with E-state index in [0.29, 0.717) is 29.0 Å². The van der Waals surface area contributed by atoms with Crippen LogP contribution in [0.1, 0.15) is 17.0 Å². The molecule has 1 aromatic heterocycles. The third-order valence-electron chi connectivity index (χ3n) is 3.50. The Morgan fingerprint density at radius 3 is 2.48 bits per heavy atom. The van der Waals surface area contributed by atoms with Gasteiger partial charge in [0.05, 0.1) is 6.54 Å². The molecular weight excluding hydrogens is 333 g/mol. The van der Waals surface area contributed by atoms with E-state index in [-0.39, 0.29) is 0 Å². The number of H-pyrrole nitrogens is 1. The van der Waals surface area contributed by atoms with E-state index >= 15 is 0 Å². The fourth-order valence-corrected chi connectivity index (χ4v) is 2.74. The highest BCUT2D eigenvalue weighted by Crippen LogP contribution is 2.25. The molecule has 0 aliphatic rings. The van der Waals surface area contributed by atoms with Crippen LogP contribution in [0.4, 0.5) is 5.69 Å². The van der Waals surface area contributed by atoms with Crippen LogP contribution in [-0.2, 0) is 13.1 Å². The van der Waals surface area contributed by atoms with Crippen LogP contribution in [0.2, 0.25) is 10.0 Å². The van der Waals surface area contributed by atoms with Gasteiger partial charge in [-0.15, -0.1) is 10.2 Å².